The van der Waals surface area contributed by atoms with Crippen molar-refractivity contribution in [2.45, 2.75) is 58.4 Å². The number of amides is 2. The Hall–Kier alpha value is -1.59. The lowest BCUT2D eigenvalue weighted by molar-refractivity contribution is -0.132. The van der Waals surface area contributed by atoms with Crippen molar-refractivity contribution in [3.8, 4) is 0 Å². The van der Waals surface area contributed by atoms with E-state index < -0.39 is 0 Å². The van der Waals surface area contributed by atoms with Crippen LogP contribution in [0.4, 0.5) is 0 Å². The van der Waals surface area contributed by atoms with Gasteiger partial charge in [0.2, 0.25) is 5.91 Å². The van der Waals surface area contributed by atoms with Gasteiger partial charge in [-0.1, -0.05) is 32.9 Å². The van der Waals surface area contributed by atoms with Crippen LogP contribution in [0.3, 0.4) is 0 Å². The van der Waals surface area contributed by atoms with Gasteiger partial charge < -0.3 is 16.0 Å². The first-order valence-corrected chi connectivity index (χ1v) is 9.60. The molecule has 1 aromatic rings. The molecule has 0 aliphatic carbocycles. The predicted octanol–water partition coefficient (Wildman–Crippen LogP) is 3.11. The lowest BCUT2D eigenvalue weighted by Crippen LogP contribution is -2.45. The lowest BCUT2D eigenvalue weighted by atomic mass is 9.87. The number of hydrogen-bond donors (Lipinski definition) is 2. The molecule has 1 aromatic carbocycles. The Kier molecular flexibility index (Phi) is 8.76. The fourth-order valence-electron chi connectivity index (χ4n) is 3.33. The van der Waals surface area contributed by atoms with Crippen LogP contribution in [-0.4, -0.2) is 42.4 Å². The zero-order chi connectivity index (χ0) is 19.3. The molecule has 152 valence electrons. The van der Waals surface area contributed by atoms with Gasteiger partial charge in [0.15, 0.2) is 0 Å². The third kappa shape index (κ3) is 6.82. The minimum absolute atomic E-state index is 0. The summed E-state index contributed by atoms with van der Waals surface area (Å²) in [5.41, 5.74) is 7.86. The molecule has 2 rings (SSSR count). The molecule has 27 heavy (non-hydrogen) atoms. The Morgan fingerprint density at radius 2 is 1.89 bits per heavy atom. The fourth-order valence-corrected chi connectivity index (χ4v) is 3.33. The highest BCUT2D eigenvalue weighted by Crippen LogP contribution is 2.22. The van der Waals surface area contributed by atoms with Gasteiger partial charge in [-0.2, -0.15) is 0 Å². The first-order chi connectivity index (χ1) is 12.2. The Morgan fingerprint density at radius 1 is 1.26 bits per heavy atom. The van der Waals surface area contributed by atoms with E-state index >= 15 is 0 Å². The second-order valence-corrected chi connectivity index (χ2v) is 8.43. The average Bonchev–Trinajstić information content (AvgIpc) is 2.61. The summed E-state index contributed by atoms with van der Waals surface area (Å²) >= 11 is 0. The van der Waals surface area contributed by atoms with Crippen LogP contribution < -0.4 is 11.1 Å². The number of rotatable bonds is 5. The Morgan fingerprint density at radius 3 is 2.44 bits per heavy atom. The predicted molar refractivity (Wildman–Crippen MR) is 112 cm³/mol. The molecule has 0 radical (unpaired) electrons. The third-order valence-corrected chi connectivity index (χ3v) is 5.19. The third-order valence-electron chi connectivity index (χ3n) is 5.19. The van der Waals surface area contributed by atoms with Crippen LogP contribution in [0, 0.1) is 5.92 Å². The molecule has 1 heterocycles. The van der Waals surface area contributed by atoms with E-state index in [0.717, 1.165) is 25.9 Å². The minimum atomic E-state index is -0.134. The number of halogens is 1. The number of nitrogens with zero attached hydrogens (tertiary/aromatic N) is 1. The molecular weight excluding hydrogens is 362 g/mol. The summed E-state index contributed by atoms with van der Waals surface area (Å²) in [4.78, 5) is 26.5. The van der Waals surface area contributed by atoms with E-state index in [1.54, 1.807) is 0 Å². The number of likely N-dealkylation sites (tertiary alicyclic amines) is 1. The molecule has 0 bridgehead atoms. The van der Waals surface area contributed by atoms with E-state index in [1.807, 2.05) is 36.1 Å². The number of benzene rings is 1. The maximum absolute atomic E-state index is 12.4. The van der Waals surface area contributed by atoms with Gasteiger partial charge in [-0.25, -0.2) is 0 Å². The van der Waals surface area contributed by atoms with Crippen LogP contribution in [0.15, 0.2) is 24.3 Å². The number of nitrogens with two attached hydrogens (primary N) is 1. The van der Waals surface area contributed by atoms with Crippen molar-refractivity contribution >= 4 is 24.2 Å². The van der Waals surface area contributed by atoms with Gasteiger partial charge in [-0.3, -0.25) is 9.59 Å². The highest BCUT2D eigenvalue weighted by Gasteiger charge is 2.25. The molecular formula is C21H34ClN3O2. The number of hydrogen-bond acceptors (Lipinski definition) is 3. The van der Waals surface area contributed by atoms with Crippen molar-refractivity contribution in [3.05, 3.63) is 35.4 Å². The normalized spacial score (nSPS) is 18.4. The van der Waals surface area contributed by atoms with Crippen LogP contribution in [0.5, 0.6) is 0 Å². The Labute approximate surface area is 169 Å². The fraction of sp³-hybridized carbons (Fsp3) is 0.619. The summed E-state index contributed by atoms with van der Waals surface area (Å²) in [6.45, 7) is 10.3. The molecule has 2 amide bonds. The first-order valence-electron chi connectivity index (χ1n) is 9.60. The van der Waals surface area contributed by atoms with Crippen molar-refractivity contribution in [2.75, 3.05) is 19.6 Å². The summed E-state index contributed by atoms with van der Waals surface area (Å²) in [6.07, 6.45) is 2.42. The number of piperidine rings is 1. The van der Waals surface area contributed by atoms with Gasteiger partial charge in [0, 0.05) is 37.7 Å². The average molecular weight is 396 g/mol. The Balaban J connectivity index is 0.00000364. The van der Waals surface area contributed by atoms with Gasteiger partial charge >= 0.3 is 0 Å². The van der Waals surface area contributed by atoms with Crippen molar-refractivity contribution in [1.82, 2.24) is 10.2 Å². The Bertz CT molecular complexity index is 623. The molecule has 1 fully saturated rings. The topological polar surface area (TPSA) is 75.4 Å². The standard InChI is InChI=1S/C21H33N3O2.ClH/c1-15(22)17-6-5-13-24(14-17)19(25)11-12-23-20(26)16-7-9-18(10-8-16)21(2,3)4;/h7-10,15,17H,5-6,11-14,22H2,1-4H3,(H,23,26);1H. The largest absolute Gasteiger partial charge is 0.352 e. The first kappa shape index (κ1) is 23.4. The minimum Gasteiger partial charge on any atom is -0.352 e. The van der Waals surface area contributed by atoms with Crippen LogP contribution >= 0.6 is 12.4 Å². The zero-order valence-corrected chi connectivity index (χ0v) is 17.8. The van der Waals surface area contributed by atoms with Crippen LogP contribution in [0.1, 0.15) is 62.9 Å². The van der Waals surface area contributed by atoms with Crippen LogP contribution in [-0.2, 0) is 10.2 Å². The second kappa shape index (κ2) is 10.1. The highest BCUT2D eigenvalue weighted by molar-refractivity contribution is 5.94. The maximum Gasteiger partial charge on any atom is 0.251 e. The second-order valence-electron chi connectivity index (χ2n) is 8.43. The summed E-state index contributed by atoms with van der Waals surface area (Å²) in [7, 11) is 0. The summed E-state index contributed by atoms with van der Waals surface area (Å²) < 4.78 is 0. The van der Waals surface area contributed by atoms with Gasteiger partial charge in [0.25, 0.3) is 5.91 Å². The van der Waals surface area contributed by atoms with E-state index in [0.29, 0.717) is 24.4 Å². The van der Waals surface area contributed by atoms with Crippen molar-refractivity contribution in [1.29, 1.82) is 0 Å². The quantitative estimate of drug-likeness (QED) is 0.804. The molecule has 6 heteroatoms. The molecule has 0 aromatic heterocycles. The molecule has 5 nitrogen and oxygen atoms in total. The van der Waals surface area contributed by atoms with Gasteiger partial charge in [-0.15, -0.1) is 12.4 Å². The van der Waals surface area contributed by atoms with Crippen molar-refractivity contribution < 1.29 is 9.59 Å². The van der Waals surface area contributed by atoms with E-state index in [9.17, 15) is 9.59 Å². The molecule has 0 saturated carbocycles. The van der Waals surface area contributed by atoms with Gasteiger partial charge in [0.05, 0.1) is 0 Å². The summed E-state index contributed by atoms with van der Waals surface area (Å²) in [6, 6.07) is 7.77. The number of carbonyl (C=O) groups excluding carboxylic acids is 2. The van der Waals surface area contributed by atoms with Crippen LogP contribution in [0.2, 0.25) is 0 Å². The number of nitrogens with one attached hydrogen (secondary N) is 1. The molecule has 3 N–H and O–H groups in total. The van der Waals surface area contributed by atoms with E-state index in [4.69, 9.17) is 5.73 Å². The van der Waals surface area contributed by atoms with Gasteiger partial charge in [0.1, 0.15) is 0 Å². The summed E-state index contributed by atoms with van der Waals surface area (Å²) in [5.74, 6) is 0.340. The molecule has 0 spiro atoms. The molecule has 1 aliphatic heterocycles. The smallest absolute Gasteiger partial charge is 0.251 e. The molecule has 1 aliphatic rings. The van der Waals surface area contributed by atoms with E-state index in [2.05, 4.69) is 26.1 Å². The highest BCUT2D eigenvalue weighted by atomic mass is 35.5. The van der Waals surface area contributed by atoms with Crippen molar-refractivity contribution in [3.63, 3.8) is 0 Å². The SMILES string of the molecule is CC(N)C1CCCN(C(=O)CCNC(=O)c2ccc(C(C)(C)C)cc2)C1.Cl. The van der Waals surface area contributed by atoms with E-state index in [-0.39, 0.29) is 35.7 Å². The monoisotopic (exact) mass is 395 g/mol. The molecule has 1 saturated heterocycles. The van der Waals surface area contributed by atoms with Crippen LogP contribution in [0.25, 0.3) is 0 Å². The molecule has 2 atom stereocenters. The van der Waals surface area contributed by atoms with E-state index in [1.165, 1.54) is 5.56 Å². The zero-order valence-electron chi connectivity index (χ0n) is 17.0. The van der Waals surface area contributed by atoms with Crippen molar-refractivity contribution in [2.24, 2.45) is 11.7 Å². The van der Waals surface area contributed by atoms with Gasteiger partial charge in [-0.05, 0) is 48.8 Å². The lowest BCUT2D eigenvalue weighted by Gasteiger charge is -2.34. The summed E-state index contributed by atoms with van der Waals surface area (Å²) in [5, 5.41) is 2.85. The maximum atomic E-state index is 12.4. The molecule has 2 unspecified atom stereocenters. The number of carbonyl (C=O) groups is 2.